The van der Waals surface area contributed by atoms with Gasteiger partial charge < -0.3 is 10.2 Å². The van der Waals surface area contributed by atoms with Gasteiger partial charge in [-0.15, -0.1) is 0 Å². The van der Waals surface area contributed by atoms with E-state index in [9.17, 15) is 13.2 Å². The van der Waals surface area contributed by atoms with Gasteiger partial charge in [0.05, 0.1) is 0 Å². The van der Waals surface area contributed by atoms with Crippen molar-refractivity contribution in [3.8, 4) is 0 Å². The molecule has 1 aromatic heterocycles. The van der Waals surface area contributed by atoms with Crippen LogP contribution in [0.1, 0.15) is 34.1 Å². The number of halogens is 3. The molecule has 1 heterocycles. The lowest BCUT2D eigenvalue weighted by Crippen LogP contribution is -2.35. The van der Waals surface area contributed by atoms with E-state index in [2.05, 4.69) is 10.3 Å². The lowest BCUT2D eigenvalue weighted by molar-refractivity contribution is -0.119. The molecule has 20 heavy (non-hydrogen) atoms. The first-order valence-corrected chi connectivity index (χ1v) is 6.67. The molecule has 114 valence electrons. The van der Waals surface area contributed by atoms with E-state index in [0.717, 1.165) is 0 Å². The second-order valence-corrected chi connectivity index (χ2v) is 5.79. The number of nitrogens with zero attached hydrogens (tertiary/aromatic N) is 2. The third-order valence-corrected chi connectivity index (χ3v) is 2.43. The topological polar surface area (TPSA) is 28.2 Å². The number of anilines is 2. The van der Waals surface area contributed by atoms with Crippen LogP contribution in [-0.2, 0) is 0 Å². The maximum Gasteiger partial charge on any atom is 0.405 e. The summed E-state index contributed by atoms with van der Waals surface area (Å²) >= 11 is 0. The van der Waals surface area contributed by atoms with Gasteiger partial charge in [0.15, 0.2) is 0 Å². The van der Waals surface area contributed by atoms with Crippen LogP contribution in [0.15, 0.2) is 18.2 Å². The summed E-state index contributed by atoms with van der Waals surface area (Å²) in [6.07, 6.45) is -3.60. The Labute approximate surface area is 118 Å². The third kappa shape index (κ3) is 6.12. The third-order valence-electron chi connectivity index (χ3n) is 2.43. The zero-order valence-electron chi connectivity index (χ0n) is 12.4. The first-order valence-electron chi connectivity index (χ1n) is 6.67. The molecule has 0 atom stereocenters. The summed E-state index contributed by atoms with van der Waals surface area (Å²) < 4.78 is 37.8. The summed E-state index contributed by atoms with van der Waals surface area (Å²) in [5.74, 6) is 0.928. The van der Waals surface area contributed by atoms with E-state index in [1.54, 1.807) is 18.2 Å². The predicted molar refractivity (Wildman–Crippen MR) is 76.2 cm³/mol. The van der Waals surface area contributed by atoms with Crippen LogP contribution < -0.4 is 10.2 Å². The van der Waals surface area contributed by atoms with E-state index in [1.165, 1.54) is 4.90 Å². The summed E-state index contributed by atoms with van der Waals surface area (Å²) in [7, 11) is 0. The van der Waals surface area contributed by atoms with Gasteiger partial charge in [-0.05, 0) is 39.3 Å². The van der Waals surface area contributed by atoms with E-state index in [4.69, 9.17) is 0 Å². The predicted octanol–water partition coefficient (Wildman–Crippen LogP) is 4.07. The van der Waals surface area contributed by atoms with Crippen LogP contribution in [0.3, 0.4) is 0 Å². The maximum absolute atomic E-state index is 12.6. The average Bonchev–Trinajstić information content (AvgIpc) is 2.24. The van der Waals surface area contributed by atoms with E-state index < -0.39 is 12.7 Å². The maximum atomic E-state index is 12.6. The average molecular weight is 289 g/mol. The molecule has 1 N–H and O–H groups in total. The highest BCUT2D eigenvalue weighted by Crippen LogP contribution is 2.23. The molecule has 0 unspecified atom stereocenters. The van der Waals surface area contributed by atoms with Crippen molar-refractivity contribution in [3.05, 3.63) is 18.2 Å². The second kappa shape index (κ2) is 6.33. The highest BCUT2D eigenvalue weighted by Gasteiger charge is 2.31. The van der Waals surface area contributed by atoms with Crippen LogP contribution in [0.2, 0.25) is 0 Å². The molecule has 3 nitrogen and oxygen atoms in total. The Balaban J connectivity index is 2.93. The van der Waals surface area contributed by atoms with Gasteiger partial charge in [0, 0.05) is 12.1 Å². The van der Waals surface area contributed by atoms with Crippen molar-refractivity contribution >= 4 is 11.6 Å². The number of nitrogens with one attached hydrogen (secondary N) is 1. The van der Waals surface area contributed by atoms with Gasteiger partial charge in [-0.2, -0.15) is 13.2 Å². The minimum Gasteiger partial charge on any atom is -0.365 e. The largest absolute Gasteiger partial charge is 0.405 e. The monoisotopic (exact) mass is 289 g/mol. The van der Waals surface area contributed by atoms with Crippen molar-refractivity contribution in [1.82, 2.24) is 4.98 Å². The first kappa shape index (κ1) is 16.6. The molecule has 0 aromatic carbocycles. The molecule has 0 amide bonds. The van der Waals surface area contributed by atoms with Crippen LogP contribution in [0.5, 0.6) is 0 Å². The Morgan fingerprint density at radius 3 is 2.35 bits per heavy atom. The van der Waals surface area contributed by atoms with Crippen molar-refractivity contribution in [2.24, 2.45) is 0 Å². The molecule has 0 saturated heterocycles. The highest BCUT2D eigenvalue weighted by molar-refractivity contribution is 5.48. The molecule has 0 aliphatic carbocycles. The number of hydrogen-bond acceptors (Lipinski definition) is 3. The Kier molecular flexibility index (Phi) is 5.25. The molecule has 0 radical (unpaired) electrons. The Bertz CT molecular complexity index is 424. The quantitative estimate of drug-likeness (QED) is 0.885. The van der Waals surface area contributed by atoms with Crippen LogP contribution >= 0.6 is 0 Å². The minimum absolute atomic E-state index is 0.189. The van der Waals surface area contributed by atoms with E-state index >= 15 is 0 Å². The molecule has 0 aliphatic rings. The first-order chi connectivity index (χ1) is 9.11. The normalized spacial score (nSPS) is 12.3. The molecule has 0 spiro atoms. The highest BCUT2D eigenvalue weighted by atomic mass is 19.4. The Morgan fingerprint density at radius 2 is 1.85 bits per heavy atom. The zero-order chi connectivity index (χ0) is 15.4. The van der Waals surface area contributed by atoms with Gasteiger partial charge in [-0.25, -0.2) is 4.98 Å². The summed E-state index contributed by atoms with van der Waals surface area (Å²) in [5, 5.41) is 3.16. The van der Waals surface area contributed by atoms with Crippen molar-refractivity contribution < 1.29 is 13.2 Å². The summed E-state index contributed by atoms with van der Waals surface area (Å²) in [4.78, 5) is 5.53. The number of rotatable bonds is 5. The zero-order valence-corrected chi connectivity index (χ0v) is 12.4. The van der Waals surface area contributed by atoms with Gasteiger partial charge >= 0.3 is 6.18 Å². The second-order valence-electron chi connectivity index (χ2n) is 5.79. The lowest BCUT2D eigenvalue weighted by Gasteiger charge is -2.26. The Hall–Kier alpha value is -1.46. The van der Waals surface area contributed by atoms with Crippen molar-refractivity contribution in [2.45, 2.75) is 45.8 Å². The van der Waals surface area contributed by atoms with Gasteiger partial charge in [-0.1, -0.05) is 13.0 Å². The fourth-order valence-electron chi connectivity index (χ4n) is 1.81. The van der Waals surface area contributed by atoms with E-state index in [0.29, 0.717) is 24.6 Å². The van der Waals surface area contributed by atoms with Gasteiger partial charge in [0.2, 0.25) is 0 Å². The molecule has 1 aromatic rings. The SMILES string of the molecule is CCCN(CC(F)(F)F)c1cccc(NC(C)(C)C)n1. The Morgan fingerprint density at radius 1 is 1.20 bits per heavy atom. The molecule has 0 bridgehead atoms. The smallest absolute Gasteiger partial charge is 0.365 e. The summed E-state index contributed by atoms with van der Waals surface area (Å²) in [6.45, 7) is 7.11. The van der Waals surface area contributed by atoms with Crippen LogP contribution in [0.25, 0.3) is 0 Å². The standard InChI is InChI=1S/C14H22F3N3/c1-5-9-20(10-14(15,16)17)12-8-6-7-11(18-12)19-13(2,3)4/h6-8H,5,9-10H2,1-4H3,(H,18,19). The molecule has 0 saturated carbocycles. The van der Waals surface area contributed by atoms with Crippen molar-refractivity contribution in [3.63, 3.8) is 0 Å². The molecular weight excluding hydrogens is 267 g/mol. The van der Waals surface area contributed by atoms with Crippen LogP contribution in [0.4, 0.5) is 24.8 Å². The van der Waals surface area contributed by atoms with Gasteiger partial charge in [0.1, 0.15) is 18.2 Å². The van der Waals surface area contributed by atoms with Crippen LogP contribution in [0, 0.1) is 0 Å². The van der Waals surface area contributed by atoms with Gasteiger partial charge in [-0.3, -0.25) is 0 Å². The molecule has 6 heteroatoms. The summed E-state index contributed by atoms with van der Waals surface area (Å²) in [5.41, 5.74) is -0.189. The molecule has 0 fully saturated rings. The number of aromatic nitrogens is 1. The van der Waals surface area contributed by atoms with Crippen molar-refractivity contribution in [2.75, 3.05) is 23.3 Å². The number of pyridine rings is 1. The minimum atomic E-state index is -4.23. The van der Waals surface area contributed by atoms with E-state index in [1.807, 2.05) is 27.7 Å². The van der Waals surface area contributed by atoms with E-state index in [-0.39, 0.29) is 5.54 Å². The molecule has 0 aliphatic heterocycles. The lowest BCUT2D eigenvalue weighted by atomic mass is 10.1. The number of hydrogen-bond donors (Lipinski definition) is 1. The van der Waals surface area contributed by atoms with Crippen LogP contribution in [-0.4, -0.2) is 29.8 Å². The fourth-order valence-corrected chi connectivity index (χ4v) is 1.81. The fraction of sp³-hybridized carbons (Fsp3) is 0.643. The summed E-state index contributed by atoms with van der Waals surface area (Å²) in [6, 6.07) is 5.08. The molecule has 1 rings (SSSR count). The molecular formula is C14H22F3N3. The number of alkyl halides is 3. The van der Waals surface area contributed by atoms with Crippen molar-refractivity contribution in [1.29, 1.82) is 0 Å². The van der Waals surface area contributed by atoms with Gasteiger partial charge in [0.25, 0.3) is 0 Å².